The molecular formula is C16H16BrCl2N3. The fourth-order valence-electron chi connectivity index (χ4n) is 1.82. The topological polar surface area (TPSA) is 50.4 Å². The van der Waals surface area contributed by atoms with Crippen molar-refractivity contribution in [3.05, 3.63) is 64.1 Å². The van der Waals surface area contributed by atoms with Gasteiger partial charge in [-0.3, -0.25) is 0 Å². The fraction of sp³-hybridized carbons (Fsp3) is 0.188. The van der Waals surface area contributed by atoms with Crippen LogP contribution in [0.3, 0.4) is 0 Å². The maximum atomic E-state index is 6.04. The highest BCUT2D eigenvalue weighted by Gasteiger charge is 2.16. The summed E-state index contributed by atoms with van der Waals surface area (Å²) < 4.78 is 0.978. The molecule has 0 bridgehead atoms. The molecule has 6 heteroatoms. The monoisotopic (exact) mass is 399 g/mol. The van der Waals surface area contributed by atoms with Gasteiger partial charge in [-0.1, -0.05) is 45.8 Å². The minimum Gasteiger partial charge on any atom is -0.383 e. The number of benzene rings is 2. The van der Waals surface area contributed by atoms with Crippen molar-refractivity contribution in [3.63, 3.8) is 0 Å². The maximum absolute atomic E-state index is 6.04. The van der Waals surface area contributed by atoms with Crippen LogP contribution in [0.25, 0.3) is 0 Å². The molecule has 0 aliphatic carbocycles. The highest BCUT2D eigenvalue weighted by atomic mass is 79.9. The summed E-state index contributed by atoms with van der Waals surface area (Å²) >= 11 is 15.4. The average Bonchev–Trinajstić information content (AvgIpc) is 2.49. The van der Waals surface area contributed by atoms with Crippen LogP contribution in [0.5, 0.6) is 0 Å². The SMILES string of the molecule is Cc1ccc(NC(/N=C(\N)c2ccc(Br)cc2)C(Cl)Cl)cc1. The molecule has 2 aromatic rings. The van der Waals surface area contributed by atoms with E-state index in [2.05, 4.69) is 26.2 Å². The number of nitrogens with zero attached hydrogens (tertiary/aromatic N) is 1. The van der Waals surface area contributed by atoms with E-state index in [1.54, 1.807) is 0 Å². The number of rotatable bonds is 5. The summed E-state index contributed by atoms with van der Waals surface area (Å²) in [6.07, 6.45) is -0.533. The van der Waals surface area contributed by atoms with Gasteiger partial charge in [-0.25, -0.2) is 4.99 Å². The van der Waals surface area contributed by atoms with Gasteiger partial charge < -0.3 is 11.1 Å². The Morgan fingerprint density at radius 2 is 1.68 bits per heavy atom. The van der Waals surface area contributed by atoms with E-state index in [1.165, 1.54) is 5.56 Å². The van der Waals surface area contributed by atoms with Crippen LogP contribution in [0.1, 0.15) is 11.1 Å². The number of halogens is 3. The molecule has 116 valence electrons. The van der Waals surface area contributed by atoms with Crippen LogP contribution in [0.15, 0.2) is 58.0 Å². The zero-order valence-corrected chi connectivity index (χ0v) is 15.0. The molecule has 0 saturated heterocycles. The standard InChI is InChI=1S/C16H16BrCl2N3/c1-10-2-8-13(9-3-10)21-16(14(18)19)22-15(20)11-4-6-12(17)7-5-11/h2-9,14,16,21H,1H3,(H2,20,22). The number of alkyl halides is 2. The average molecular weight is 401 g/mol. The Bertz CT molecular complexity index is 639. The normalized spacial score (nSPS) is 13.2. The largest absolute Gasteiger partial charge is 0.383 e. The van der Waals surface area contributed by atoms with Crippen molar-refractivity contribution < 1.29 is 0 Å². The first-order valence-corrected chi connectivity index (χ1v) is 8.33. The number of aryl methyl sites for hydroxylation is 1. The van der Waals surface area contributed by atoms with Crippen LogP contribution >= 0.6 is 39.1 Å². The number of nitrogens with one attached hydrogen (secondary N) is 1. The summed E-state index contributed by atoms with van der Waals surface area (Å²) in [5, 5.41) is 3.18. The molecule has 0 fully saturated rings. The molecular weight excluding hydrogens is 385 g/mol. The molecule has 2 aromatic carbocycles. The molecule has 0 amide bonds. The van der Waals surface area contributed by atoms with E-state index in [0.717, 1.165) is 15.7 Å². The van der Waals surface area contributed by atoms with Gasteiger partial charge in [0.25, 0.3) is 0 Å². The maximum Gasteiger partial charge on any atom is 0.151 e. The van der Waals surface area contributed by atoms with Crippen molar-refractivity contribution in [1.29, 1.82) is 0 Å². The minimum atomic E-state index is -0.727. The lowest BCUT2D eigenvalue weighted by molar-refractivity contribution is 0.822. The Labute approximate surface area is 148 Å². The van der Waals surface area contributed by atoms with Crippen LogP contribution < -0.4 is 11.1 Å². The van der Waals surface area contributed by atoms with Crippen molar-refractivity contribution in [3.8, 4) is 0 Å². The Kier molecular flexibility index (Phi) is 6.12. The van der Waals surface area contributed by atoms with E-state index >= 15 is 0 Å². The first-order valence-electron chi connectivity index (χ1n) is 6.66. The van der Waals surface area contributed by atoms with Crippen molar-refractivity contribution in [1.82, 2.24) is 0 Å². The summed E-state index contributed by atoms with van der Waals surface area (Å²) in [7, 11) is 0. The van der Waals surface area contributed by atoms with E-state index in [1.807, 2.05) is 55.5 Å². The van der Waals surface area contributed by atoms with Gasteiger partial charge in [0, 0.05) is 15.7 Å². The van der Waals surface area contributed by atoms with Crippen LogP contribution in [0, 0.1) is 6.92 Å². The Balaban J connectivity index is 2.18. The second-order valence-electron chi connectivity index (χ2n) is 4.81. The predicted molar refractivity (Wildman–Crippen MR) is 99.0 cm³/mol. The van der Waals surface area contributed by atoms with Crippen LogP contribution in [0.4, 0.5) is 5.69 Å². The van der Waals surface area contributed by atoms with E-state index in [9.17, 15) is 0 Å². The third kappa shape index (κ3) is 4.90. The van der Waals surface area contributed by atoms with E-state index in [4.69, 9.17) is 28.9 Å². The van der Waals surface area contributed by atoms with Gasteiger partial charge >= 0.3 is 0 Å². The van der Waals surface area contributed by atoms with Gasteiger partial charge in [0.05, 0.1) is 0 Å². The first-order chi connectivity index (χ1) is 10.5. The lowest BCUT2D eigenvalue weighted by Gasteiger charge is -2.18. The van der Waals surface area contributed by atoms with E-state index in [-0.39, 0.29) is 0 Å². The zero-order valence-electron chi connectivity index (χ0n) is 11.9. The van der Waals surface area contributed by atoms with Crippen molar-refractivity contribution in [2.45, 2.75) is 17.9 Å². The molecule has 3 nitrogen and oxygen atoms in total. The Morgan fingerprint density at radius 3 is 2.23 bits per heavy atom. The molecule has 0 saturated carbocycles. The van der Waals surface area contributed by atoms with Gasteiger partial charge in [-0.05, 0) is 31.2 Å². The molecule has 2 rings (SSSR count). The number of nitrogens with two attached hydrogens (primary N) is 1. The smallest absolute Gasteiger partial charge is 0.151 e. The van der Waals surface area contributed by atoms with Gasteiger partial charge in [-0.2, -0.15) is 0 Å². The molecule has 0 aromatic heterocycles. The van der Waals surface area contributed by atoms with Gasteiger partial charge in [0.2, 0.25) is 0 Å². The Morgan fingerprint density at radius 1 is 1.09 bits per heavy atom. The molecule has 1 atom stereocenters. The summed E-state index contributed by atoms with van der Waals surface area (Å²) in [6.45, 7) is 2.02. The zero-order chi connectivity index (χ0) is 16.1. The highest BCUT2D eigenvalue weighted by molar-refractivity contribution is 9.10. The van der Waals surface area contributed by atoms with Gasteiger partial charge in [0.15, 0.2) is 6.17 Å². The molecule has 1 unspecified atom stereocenters. The number of aliphatic imine (C=N–C) groups is 1. The van der Waals surface area contributed by atoms with Gasteiger partial charge in [0.1, 0.15) is 10.7 Å². The fourth-order valence-corrected chi connectivity index (χ4v) is 2.32. The molecule has 0 spiro atoms. The lowest BCUT2D eigenvalue weighted by atomic mass is 10.2. The third-order valence-corrected chi connectivity index (χ3v) is 4.03. The number of hydrogen-bond acceptors (Lipinski definition) is 2. The molecule has 22 heavy (non-hydrogen) atoms. The van der Waals surface area contributed by atoms with Crippen molar-refractivity contribution >= 4 is 50.7 Å². The number of anilines is 1. The van der Waals surface area contributed by atoms with Crippen LogP contribution in [-0.2, 0) is 0 Å². The molecule has 3 N–H and O–H groups in total. The van der Waals surface area contributed by atoms with E-state index in [0.29, 0.717) is 5.84 Å². The summed E-state index contributed by atoms with van der Waals surface area (Å²) in [5.74, 6) is 0.378. The first kappa shape index (κ1) is 17.1. The second kappa shape index (κ2) is 7.86. The summed E-state index contributed by atoms with van der Waals surface area (Å²) in [5.41, 5.74) is 8.91. The molecule has 0 radical (unpaired) electrons. The van der Waals surface area contributed by atoms with Crippen molar-refractivity contribution in [2.75, 3.05) is 5.32 Å². The highest BCUT2D eigenvalue weighted by Crippen LogP contribution is 2.18. The molecule has 0 aliphatic rings. The quantitative estimate of drug-likeness (QED) is 0.434. The van der Waals surface area contributed by atoms with Crippen molar-refractivity contribution in [2.24, 2.45) is 10.7 Å². The number of hydrogen-bond donors (Lipinski definition) is 2. The lowest BCUT2D eigenvalue weighted by Crippen LogP contribution is -2.28. The minimum absolute atomic E-state index is 0.378. The molecule has 0 aliphatic heterocycles. The third-order valence-electron chi connectivity index (χ3n) is 3.02. The summed E-state index contributed by atoms with van der Waals surface area (Å²) in [6, 6.07) is 15.5. The van der Waals surface area contributed by atoms with E-state index < -0.39 is 11.0 Å². The van der Waals surface area contributed by atoms with Crippen LogP contribution in [0.2, 0.25) is 0 Å². The van der Waals surface area contributed by atoms with Crippen LogP contribution in [-0.4, -0.2) is 16.8 Å². The molecule has 0 heterocycles. The number of amidine groups is 1. The summed E-state index contributed by atoms with van der Waals surface area (Å²) in [4.78, 5) is 3.67. The Hall–Kier alpha value is -1.23. The second-order valence-corrected chi connectivity index (χ2v) is 6.89. The predicted octanol–water partition coefficient (Wildman–Crippen LogP) is 4.70. The van der Waals surface area contributed by atoms with Gasteiger partial charge in [-0.15, -0.1) is 23.2 Å².